The lowest BCUT2D eigenvalue weighted by Gasteiger charge is -2.37. The third-order valence-corrected chi connectivity index (χ3v) is 5.68. The number of piperazine rings is 1. The number of hydrogen-bond donors (Lipinski definition) is 2. The summed E-state index contributed by atoms with van der Waals surface area (Å²) in [6.07, 6.45) is 0.726. The summed E-state index contributed by atoms with van der Waals surface area (Å²) in [5.41, 5.74) is 3.10. The van der Waals surface area contributed by atoms with Crippen LogP contribution in [0.1, 0.15) is 12.0 Å². The molecule has 0 amide bonds. The number of anilines is 2. The number of fused-ring (bicyclic) bond motifs is 1. The molecule has 3 aromatic rings. The van der Waals surface area contributed by atoms with Gasteiger partial charge < -0.3 is 25.0 Å². The van der Waals surface area contributed by atoms with Crippen LogP contribution in [-0.2, 0) is 6.54 Å². The lowest BCUT2D eigenvalue weighted by Crippen LogP contribution is -2.47. The highest BCUT2D eigenvalue weighted by atomic mass is 19.1. The van der Waals surface area contributed by atoms with Gasteiger partial charge in [-0.25, -0.2) is 9.37 Å². The van der Waals surface area contributed by atoms with Gasteiger partial charge in [0.15, 0.2) is 0 Å². The molecule has 0 atom stereocenters. The molecule has 6 nitrogen and oxygen atoms in total. The number of aliphatic hydroxyl groups is 1. The molecule has 7 heteroatoms. The predicted octanol–water partition coefficient (Wildman–Crippen LogP) is 3.18. The first-order chi connectivity index (χ1) is 15.2. The highest BCUT2D eigenvalue weighted by molar-refractivity contribution is 5.83. The van der Waals surface area contributed by atoms with Gasteiger partial charge >= 0.3 is 0 Å². The van der Waals surface area contributed by atoms with E-state index in [1.165, 1.54) is 12.1 Å². The summed E-state index contributed by atoms with van der Waals surface area (Å²) in [5.74, 6) is 1.56. The summed E-state index contributed by atoms with van der Waals surface area (Å²) < 4.78 is 18.6. The normalized spacial score (nSPS) is 14.3. The van der Waals surface area contributed by atoms with Crippen LogP contribution in [0.25, 0.3) is 10.9 Å². The molecule has 1 aliphatic heterocycles. The molecule has 1 saturated heterocycles. The third kappa shape index (κ3) is 5.06. The fourth-order valence-corrected chi connectivity index (χ4v) is 3.97. The van der Waals surface area contributed by atoms with E-state index in [4.69, 9.17) is 14.8 Å². The van der Waals surface area contributed by atoms with Gasteiger partial charge in [-0.2, -0.15) is 0 Å². The van der Waals surface area contributed by atoms with Crippen LogP contribution < -0.4 is 19.9 Å². The van der Waals surface area contributed by atoms with Gasteiger partial charge in [-0.05, 0) is 55.4 Å². The van der Waals surface area contributed by atoms with Crippen LogP contribution in [0.4, 0.5) is 15.9 Å². The Labute approximate surface area is 182 Å². The molecule has 2 N–H and O–H groups in total. The number of rotatable bonds is 8. The Balaban J connectivity index is 1.56. The molecule has 0 spiro atoms. The largest absolute Gasteiger partial charge is 0.497 e. The standard InChI is InChI=1S/C24H29FN4O2/c1-31-22-8-3-18-15-19(17-26-9-2-14-30)24(27-23(18)16-22)29-12-10-28(11-13-29)21-6-4-20(25)5-7-21/h3-8,15-16,26,30H,2,9-14,17H2,1H3. The average Bonchev–Trinajstić information content (AvgIpc) is 2.81. The third-order valence-electron chi connectivity index (χ3n) is 5.68. The number of nitrogens with one attached hydrogen (secondary N) is 1. The van der Waals surface area contributed by atoms with Gasteiger partial charge in [-0.1, -0.05) is 0 Å². The molecule has 4 rings (SSSR count). The molecule has 0 radical (unpaired) electrons. The molecule has 0 unspecified atom stereocenters. The van der Waals surface area contributed by atoms with Crippen LogP contribution in [0.2, 0.25) is 0 Å². The van der Waals surface area contributed by atoms with Gasteiger partial charge in [-0.15, -0.1) is 0 Å². The topological polar surface area (TPSA) is 60.9 Å². The fraction of sp³-hybridized carbons (Fsp3) is 0.375. The molecule has 1 fully saturated rings. The van der Waals surface area contributed by atoms with E-state index in [2.05, 4.69) is 21.2 Å². The summed E-state index contributed by atoms with van der Waals surface area (Å²) in [5, 5.41) is 13.5. The summed E-state index contributed by atoms with van der Waals surface area (Å²) in [4.78, 5) is 9.60. The zero-order valence-corrected chi connectivity index (χ0v) is 17.9. The SMILES string of the molecule is COc1ccc2cc(CNCCCO)c(N3CCN(c4ccc(F)cc4)CC3)nc2c1. The Morgan fingerprint density at radius 3 is 2.48 bits per heavy atom. The number of methoxy groups -OCH3 is 1. The molecule has 164 valence electrons. The maximum atomic E-state index is 13.2. The van der Waals surface area contributed by atoms with Crippen molar-refractivity contribution in [2.24, 2.45) is 0 Å². The van der Waals surface area contributed by atoms with Crippen LogP contribution in [0, 0.1) is 5.82 Å². The molecule has 1 aliphatic rings. The highest BCUT2D eigenvalue weighted by Gasteiger charge is 2.21. The molecule has 0 bridgehead atoms. The molecular weight excluding hydrogens is 395 g/mol. The smallest absolute Gasteiger partial charge is 0.133 e. The Hall–Kier alpha value is -2.90. The molecule has 0 aliphatic carbocycles. The van der Waals surface area contributed by atoms with Crippen LogP contribution in [0.15, 0.2) is 48.5 Å². The maximum absolute atomic E-state index is 13.2. The molecular formula is C24H29FN4O2. The minimum Gasteiger partial charge on any atom is -0.497 e. The van der Waals surface area contributed by atoms with Crippen molar-refractivity contribution in [1.29, 1.82) is 0 Å². The van der Waals surface area contributed by atoms with E-state index >= 15 is 0 Å². The average molecular weight is 425 g/mol. The number of halogens is 1. The Morgan fingerprint density at radius 1 is 1.03 bits per heavy atom. The van der Waals surface area contributed by atoms with Crippen molar-refractivity contribution < 1.29 is 14.2 Å². The van der Waals surface area contributed by atoms with Crippen molar-refractivity contribution >= 4 is 22.4 Å². The van der Waals surface area contributed by atoms with Crippen molar-refractivity contribution in [3.63, 3.8) is 0 Å². The van der Waals surface area contributed by atoms with E-state index in [9.17, 15) is 4.39 Å². The van der Waals surface area contributed by atoms with Gasteiger partial charge in [0.1, 0.15) is 17.4 Å². The van der Waals surface area contributed by atoms with Crippen molar-refractivity contribution in [1.82, 2.24) is 10.3 Å². The van der Waals surface area contributed by atoms with E-state index < -0.39 is 0 Å². The van der Waals surface area contributed by atoms with E-state index in [-0.39, 0.29) is 12.4 Å². The van der Waals surface area contributed by atoms with Gasteiger partial charge in [0.05, 0.1) is 12.6 Å². The van der Waals surface area contributed by atoms with Crippen LogP contribution in [0.3, 0.4) is 0 Å². The van der Waals surface area contributed by atoms with E-state index in [0.29, 0.717) is 6.54 Å². The van der Waals surface area contributed by atoms with Gasteiger partial charge in [0.2, 0.25) is 0 Å². The summed E-state index contributed by atoms with van der Waals surface area (Å²) in [6, 6.07) is 14.8. The number of benzene rings is 2. The van der Waals surface area contributed by atoms with Crippen LogP contribution in [-0.4, -0.2) is 56.5 Å². The van der Waals surface area contributed by atoms with E-state index in [1.54, 1.807) is 7.11 Å². The number of ether oxygens (including phenoxy) is 1. The minimum atomic E-state index is -0.212. The summed E-state index contributed by atoms with van der Waals surface area (Å²) >= 11 is 0. The molecule has 2 aromatic carbocycles. The summed E-state index contributed by atoms with van der Waals surface area (Å²) in [7, 11) is 1.66. The Bertz CT molecular complexity index is 1000. The summed E-state index contributed by atoms with van der Waals surface area (Å²) in [6.45, 7) is 5.01. The van der Waals surface area contributed by atoms with Crippen molar-refractivity contribution in [3.8, 4) is 5.75 Å². The second kappa shape index (κ2) is 9.94. The lowest BCUT2D eigenvalue weighted by atomic mass is 10.1. The predicted molar refractivity (Wildman–Crippen MR) is 123 cm³/mol. The Kier molecular flexibility index (Phi) is 6.84. The van der Waals surface area contributed by atoms with Crippen molar-refractivity contribution in [2.75, 3.05) is 56.2 Å². The molecule has 0 saturated carbocycles. The Morgan fingerprint density at radius 2 is 1.77 bits per heavy atom. The first-order valence-corrected chi connectivity index (χ1v) is 10.7. The molecule has 2 heterocycles. The molecule has 31 heavy (non-hydrogen) atoms. The fourth-order valence-electron chi connectivity index (χ4n) is 3.97. The van der Waals surface area contributed by atoms with E-state index in [1.807, 2.05) is 30.3 Å². The number of pyridine rings is 1. The zero-order chi connectivity index (χ0) is 21.6. The quantitative estimate of drug-likeness (QED) is 0.542. The number of hydrogen-bond acceptors (Lipinski definition) is 6. The molecule has 1 aromatic heterocycles. The van der Waals surface area contributed by atoms with Gasteiger partial charge in [0, 0.05) is 62.0 Å². The van der Waals surface area contributed by atoms with E-state index in [0.717, 1.165) is 72.9 Å². The second-order valence-electron chi connectivity index (χ2n) is 7.73. The van der Waals surface area contributed by atoms with Crippen LogP contribution >= 0.6 is 0 Å². The minimum absolute atomic E-state index is 0.182. The zero-order valence-electron chi connectivity index (χ0n) is 17.9. The first kappa shape index (κ1) is 21.3. The second-order valence-corrected chi connectivity index (χ2v) is 7.73. The number of nitrogens with zero attached hydrogens (tertiary/aromatic N) is 3. The van der Waals surface area contributed by atoms with Crippen molar-refractivity contribution in [2.45, 2.75) is 13.0 Å². The lowest BCUT2D eigenvalue weighted by molar-refractivity contribution is 0.286. The van der Waals surface area contributed by atoms with Gasteiger partial charge in [0.25, 0.3) is 0 Å². The monoisotopic (exact) mass is 424 g/mol. The van der Waals surface area contributed by atoms with Crippen molar-refractivity contribution in [3.05, 3.63) is 59.9 Å². The van der Waals surface area contributed by atoms with Gasteiger partial charge in [-0.3, -0.25) is 0 Å². The first-order valence-electron chi connectivity index (χ1n) is 10.7. The highest BCUT2D eigenvalue weighted by Crippen LogP contribution is 2.28. The maximum Gasteiger partial charge on any atom is 0.133 e. The van der Waals surface area contributed by atoms with Crippen LogP contribution in [0.5, 0.6) is 5.75 Å². The number of aromatic nitrogens is 1. The number of aliphatic hydroxyl groups excluding tert-OH is 1.